The van der Waals surface area contributed by atoms with Crippen molar-refractivity contribution in [1.29, 1.82) is 5.26 Å². The topological polar surface area (TPSA) is 108 Å². The molecule has 1 aromatic carbocycles. The molecule has 0 atom stereocenters. The van der Waals surface area contributed by atoms with Crippen molar-refractivity contribution in [1.82, 2.24) is 9.97 Å². The molecule has 4 rings (SSSR count). The van der Waals surface area contributed by atoms with Crippen molar-refractivity contribution < 1.29 is 13.2 Å². The van der Waals surface area contributed by atoms with Crippen LogP contribution >= 0.6 is 11.8 Å². The number of pyridine rings is 2. The van der Waals surface area contributed by atoms with E-state index >= 15 is 0 Å². The van der Waals surface area contributed by atoms with Crippen LogP contribution in [0.3, 0.4) is 0 Å². The standard InChI is InChI=1S/C25H29N5O3S2/c1-24(2)14-30(15-25(3,4)34-24)22-18(11-26)13-27-20-8-7-16(9-19(20)22)17-10-21(29-35(6,31)32)23(33-5)28-12-17/h7-10,12-13,29H,14-15H2,1-6H3. The molecule has 35 heavy (non-hydrogen) atoms. The normalized spacial score (nSPS) is 17.1. The number of nitrogens with zero attached hydrogens (tertiary/aromatic N) is 4. The summed E-state index contributed by atoms with van der Waals surface area (Å²) in [7, 11) is -2.08. The van der Waals surface area contributed by atoms with Gasteiger partial charge in [0.15, 0.2) is 0 Å². The molecule has 1 fully saturated rings. The summed E-state index contributed by atoms with van der Waals surface area (Å²) in [6.07, 6.45) is 4.36. The zero-order valence-corrected chi connectivity index (χ0v) is 22.3. The second kappa shape index (κ2) is 8.88. The SMILES string of the molecule is COc1ncc(-c2ccc3ncc(C#N)c(N4CC(C)(C)SC(C)(C)C4)c3c2)cc1NS(C)(=O)=O. The van der Waals surface area contributed by atoms with Crippen LogP contribution in [0.25, 0.3) is 22.0 Å². The maximum atomic E-state index is 11.8. The number of anilines is 2. The number of rotatable bonds is 5. The summed E-state index contributed by atoms with van der Waals surface area (Å²) in [5.41, 5.74) is 3.98. The lowest BCUT2D eigenvalue weighted by atomic mass is 10.00. The summed E-state index contributed by atoms with van der Waals surface area (Å²) in [4.78, 5) is 11.1. The minimum Gasteiger partial charge on any atom is -0.480 e. The van der Waals surface area contributed by atoms with Gasteiger partial charge in [0.2, 0.25) is 15.9 Å². The number of ether oxygens (including phenoxy) is 1. The first kappa shape index (κ1) is 25.1. The highest BCUT2D eigenvalue weighted by Gasteiger charge is 2.39. The molecule has 0 saturated carbocycles. The summed E-state index contributed by atoms with van der Waals surface area (Å²) < 4.78 is 31.4. The number of thioether (sulfide) groups is 1. The first-order valence-electron chi connectivity index (χ1n) is 11.1. The minimum absolute atomic E-state index is 0.00774. The van der Waals surface area contributed by atoms with Gasteiger partial charge in [0.05, 0.1) is 30.1 Å². The highest BCUT2D eigenvalue weighted by molar-refractivity contribution is 8.02. The van der Waals surface area contributed by atoms with E-state index in [-0.39, 0.29) is 21.1 Å². The van der Waals surface area contributed by atoms with Gasteiger partial charge in [0.25, 0.3) is 0 Å². The molecule has 10 heteroatoms. The molecule has 8 nitrogen and oxygen atoms in total. The summed E-state index contributed by atoms with van der Waals surface area (Å²) in [5.74, 6) is 0.185. The number of hydrogen-bond acceptors (Lipinski definition) is 8. The molecule has 0 spiro atoms. The Labute approximate surface area is 210 Å². The molecule has 0 aliphatic carbocycles. The van der Waals surface area contributed by atoms with Gasteiger partial charge in [-0.1, -0.05) is 6.07 Å². The molecule has 1 aliphatic heterocycles. The second-order valence-corrected chi connectivity index (χ2v) is 14.2. The number of methoxy groups -OCH3 is 1. The van der Waals surface area contributed by atoms with E-state index in [2.05, 4.69) is 53.4 Å². The van der Waals surface area contributed by atoms with Crippen molar-refractivity contribution in [3.05, 3.63) is 42.2 Å². The van der Waals surface area contributed by atoms with Crippen LogP contribution in [-0.4, -0.2) is 54.3 Å². The van der Waals surface area contributed by atoms with Crippen LogP contribution in [-0.2, 0) is 10.0 Å². The van der Waals surface area contributed by atoms with Crippen LogP contribution < -0.4 is 14.4 Å². The lowest BCUT2D eigenvalue weighted by Gasteiger charge is -2.47. The Balaban J connectivity index is 1.88. The molecular formula is C25H29N5O3S2. The summed E-state index contributed by atoms with van der Waals surface area (Å²) >= 11 is 1.96. The van der Waals surface area contributed by atoms with E-state index in [4.69, 9.17) is 4.74 Å². The van der Waals surface area contributed by atoms with Crippen molar-refractivity contribution in [2.75, 3.05) is 36.1 Å². The van der Waals surface area contributed by atoms with Crippen LogP contribution in [0.4, 0.5) is 11.4 Å². The molecule has 0 radical (unpaired) electrons. The smallest absolute Gasteiger partial charge is 0.238 e. The second-order valence-electron chi connectivity index (χ2n) is 10.00. The third-order valence-electron chi connectivity index (χ3n) is 5.65. The van der Waals surface area contributed by atoms with E-state index in [9.17, 15) is 13.7 Å². The van der Waals surface area contributed by atoms with E-state index in [1.165, 1.54) is 7.11 Å². The Morgan fingerprint density at radius 3 is 2.37 bits per heavy atom. The van der Waals surface area contributed by atoms with Gasteiger partial charge in [-0.25, -0.2) is 13.4 Å². The third kappa shape index (κ3) is 5.46. The lowest BCUT2D eigenvalue weighted by molar-refractivity contribution is 0.400. The largest absolute Gasteiger partial charge is 0.480 e. The zero-order valence-electron chi connectivity index (χ0n) is 20.7. The van der Waals surface area contributed by atoms with Crippen LogP contribution in [0.5, 0.6) is 5.88 Å². The van der Waals surface area contributed by atoms with Gasteiger partial charge in [-0.3, -0.25) is 9.71 Å². The minimum atomic E-state index is -3.52. The van der Waals surface area contributed by atoms with E-state index in [0.717, 1.165) is 41.5 Å². The maximum Gasteiger partial charge on any atom is 0.238 e. The summed E-state index contributed by atoms with van der Waals surface area (Å²) in [6, 6.07) is 9.85. The average molecular weight is 512 g/mol. The van der Waals surface area contributed by atoms with Crippen molar-refractivity contribution in [2.45, 2.75) is 37.2 Å². The third-order valence-corrected chi connectivity index (χ3v) is 7.60. The van der Waals surface area contributed by atoms with Crippen LogP contribution in [0.15, 0.2) is 36.7 Å². The van der Waals surface area contributed by atoms with Crippen molar-refractivity contribution in [2.24, 2.45) is 0 Å². The molecule has 2 aromatic heterocycles. The van der Waals surface area contributed by atoms with Crippen molar-refractivity contribution in [3.8, 4) is 23.1 Å². The molecule has 0 amide bonds. The predicted molar refractivity (Wildman–Crippen MR) is 143 cm³/mol. The van der Waals surface area contributed by atoms with Gasteiger partial charge in [0.1, 0.15) is 11.8 Å². The predicted octanol–water partition coefficient (Wildman–Crippen LogP) is 4.66. The number of nitriles is 1. The first-order chi connectivity index (χ1) is 16.3. The van der Waals surface area contributed by atoms with E-state index in [1.54, 1.807) is 18.5 Å². The quantitative estimate of drug-likeness (QED) is 0.527. The van der Waals surface area contributed by atoms with Gasteiger partial charge in [0, 0.05) is 45.9 Å². The van der Waals surface area contributed by atoms with E-state index < -0.39 is 10.0 Å². The monoisotopic (exact) mass is 511 g/mol. The molecular weight excluding hydrogens is 482 g/mol. The van der Waals surface area contributed by atoms with Gasteiger partial charge in [-0.05, 0) is 51.5 Å². The Morgan fingerprint density at radius 1 is 1.09 bits per heavy atom. The van der Waals surface area contributed by atoms with Crippen molar-refractivity contribution >= 4 is 44.1 Å². The van der Waals surface area contributed by atoms with Crippen molar-refractivity contribution in [3.63, 3.8) is 0 Å². The summed E-state index contributed by atoms with van der Waals surface area (Å²) in [6.45, 7) is 10.5. The van der Waals surface area contributed by atoms with Gasteiger partial charge in [-0.2, -0.15) is 5.26 Å². The summed E-state index contributed by atoms with van der Waals surface area (Å²) in [5, 5.41) is 10.8. The highest BCUT2D eigenvalue weighted by Crippen LogP contribution is 2.45. The Kier molecular flexibility index (Phi) is 6.36. The number of sulfonamides is 1. The van der Waals surface area contributed by atoms with Gasteiger partial charge >= 0.3 is 0 Å². The average Bonchev–Trinajstić information content (AvgIpc) is 2.74. The molecule has 3 aromatic rings. The van der Waals surface area contributed by atoms with Crippen LogP contribution in [0, 0.1) is 11.3 Å². The van der Waals surface area contributed by atoms with E-state index in [1.807, 2.05) is 30.0 Å². The highest BCUT2D eigenvalue weighted by atomic mass is 32.2. The first-order valence-corrected chi connectivity index (χ1v) is 13.8. The molecule has 1 saturated heterocycles. The number of aromatic nitrogens is 2. The van der Waals surface area contributed by atoms with Gasteiger partial charge < -0.3 is 9.64 Å². The lowest BCUT2D eigenvalue weighted by Crippen LogP contribution is -2.51. The fourth-order valence-corrected chi connectivity index (χ4v) is 7.25. The van der Waals surface area contributed by atoms with E-state index in [0.29, 0.717) is 11.1 Å². The Morgan fingerprint density at radius 2 is 1.77 bits per heavy atom. The Hall–Kier alpha value is -3.03. The molecule has 3 heterocycles. The fraction of sp³-hybridized carbons (Fsp3) is 0.400. The zero-order chi connectivity index (χ0) is 25.6. The fourth-order valence-electron chi connectivity index (χ4n) is 4.77. The Bertz CT molecular complexity index is 1430. The van der Waals surface area contributed by atoms with Crippen LogP contribution in [0.1, 0.15) is 33.3 Å². The molecule has 1 aliphatic rings. The molecule has 0 bridgehead atoms. The molecule has 184 valence electrons. The number of nitrogens with one attached hydrogen (secondary N) is 1. The number of hydrogen-bond donors (Lipinski definition) is 1. The van der Waals surface area contributed by atoms with Gasteiger partial charge in [-0.15, -0.1) is 11.8 Å². The number of fused-ring (bicyclic) bond motifs is 1. The van der Waals surface area contributed by atoms with Crippen LogP contribution in [0.2, 0.25) is 0 Å². The molecule has 1 N–H and O–H groups in total. The number of benzene rings is 1. The maximum absolute atomic E-state index is 11.8. The molecule has 0 unspecified atom stereocenters.